The number of carbonyl (C=O) groups excluding carboxylic acids is 1. The predicted octanol–water partition coefficient (Wildman–Crippen LogP) is 1.25. The number of benzene rings is 1. The molecule has 0 bridgehead atoms. The second kappa shape index (κ2) is 9.29. The van der Waals surface area contributed by atoms with Crippen LogP contribution in [0.5, 0.6) is 5.75 Å². The lowest BCUT2D eigenvalue weighted by atomic mass is 9.98. The molecule has 0 radical (unpaired) electrons. The molecular weight excluding hydrogens is 460 g/mol. The Morgan fingerprint density at radius 1 is 1.22 bits per heavy atom. The van der Waals surface area contributed by atoms with Gasteiger partial charge in [-0.05, 0) is 52.6 Å². The molecule has 11 heteroatoms. The molecule has 6 rings (SSSR count). The lowest BCUT2D eigenvalue weighted by molar-refractivity contribution is -0.141. The fourth-order valence-corrected chi connectivity index (χ4v) is 5.51. The van der Waals surface area contributed by atoms with Crippen LogP contribution < -0.4 is 4.74 Å². The van der Waals surface area contributed by atoms with Crippen LogP contribution in [0.25, 0.3) is 5.82 Å². The van der Waals surface area contributed by atoms with Gasteiger partial charge in [0.05, 0.1) is 37.3 Å². The van der Waals surface area contributed by atoms with Crippen molar-refractivity contribution in [1.82, 2.24) is 35.0 Å². The van der Waals surface area contributed by atoms with Crippen molar-refractivity contribution in [3.05, 3.63) is 59.0 Å². The quantitative estimate of drug-likeness (QED) is 0.536. The number of amides is 1. The van der Waals surface area contributed by atoms with E-state index >= 15 is 0 Å². The third kappa shape index (κ3) is 3.98. The number of hydrogen-bond acceptors (Lipinski definition) is 9. The van der Waals surface area contributed by atoms with Crippen LogP contribution >= 0.6 is 0 Å². The second-order valence-electron chi connectivity index (χ2n) is 9.38. The summed E-state index contributed by atoms with van der Waals surface area (Å²) in [6.07, 6.45) is 2.96. The molecule has 1 amide bonds. The molecule has 36 heavy (non-hydrogen) atoms. The monoisotopic (exact) mass is 486 g/mol. The highest BCUT2D eigenvalue weighted by molar-refractivity contribution is 5.85. The van der Waals surface area contributed by atoms with Crippen LogP contribution in [0.1, 0.15) is 40.8 Å². The molecule has 3 aliphatic rings. The molecule has 2 aliphatic heterocycles. The van der Waals surface area contributed by atoms with Gasteiger partial charge in [-0.15, -0.1) is 5.10 Å². The molecule has 11 nitrogen and oxygen atoms in total. The number of ether oxygens (including phenoxy) is 2. The predicted molar refractivity (Wildman–Crippen MR) is 126 cm³/mol. The minimum absolute atomic E-state index is 0.0905. The number of morpholine rings is 1. The van der Waals surface area contributed by atoms with Crippen molar-refractivity contribution in [1.29, 1.82) is 5.26 Å². The topological polar surface area (TPSA) is 122 Å². The van der Waals surface area contributed by atoms with E-state index in [4.69, 9.17) is 14.5 Å². The second-order valence-corrected chi connectivity index (χ2v) is 9.38. The Morgan fingerprint density at radius 3 is 2.94 bits per heavy atom. The standard InChI is InChI=1S/C25H26N8O3/c1-35-22-10-16(2-3-17(22)11-26)23-13-31-8-9-32(12-18(31)14-36-23)25(34)20-4-6-21-19(20)5-7-24(28-21)33-15-27-29-30-33/h2-3,5,7,10,15,18,20,23H,4,6,8-9,12-14H2,1H3. The molecule has 4 heterocycles. The Bertz CT molecular complexity index is 1320. The summed E-state index contributed by atoms with van der Waals surface area (Å²) in [5, 5.41) is 20.5. The highest BCUT2D eigenvalue weighted by Crippen LogP contribution is 2.35. The lowest BCUT2D eigenvalue weighted by Crippen LogP contribution is -2.60. The van der Waals surface area contributed by atoms with Gasteiger partial charge < -0.3 is 14.4 Å². The van der Waals surface area contributed by atoms with Gasteiger partial charge in [0.25, 0.3) is 0 Å². The number of rotatable bonds is 4. The average Bonchev–Trinajstić information content (AvgIpc) is 3.62. The van der Waals surface area contributed by atoms with E-state index in [0.29, 0.717) is 36.8 Å². The maximum atomic E-state index is 13.5. The van der Waals surface area contributed by atoms with Crippen molar-refractivity contribution < 1.29 is 14.3 Å². The van der Waals surface area contributed by atoms with Crippen molar-refractivity contribution in [2.45, 2.75) is 30.9 Å². The summed E-state index contributed by atoms with van der Waals surface area (Å²) in [6.45, 7) is 3.46. The Hall–Kier alpha value is -3.88. The molecular formula is C25H26N8O3. The first kappa shape index (κ1) is 22.6. The molecule has 2 saturated heterocycles. The Morgan fingerprint density at radius 2 is 2.14 bits per heavy atom. The van der Waals surface area contributed by atoms with Gasteiger partial charge in [0, 0.05) is 31.9 Å². The summed E-state index contributed by atoms with van der Waals surface area (Å²) in [7, 11) is 1.57. The zero-order valence-electron chi connectivity index (χ0n) is 19.9. The maximum Gasteiger partial charge on any atom is 0.230 e. The van der Waals surface area contributed by atoms with Gasteiger partial charge in [0.2, 0.25) is 5.91 Å². The molecule has 1 aliphatic carbocycles. The summed E-state index contributed by atoms with van der Waals surface area (Å²) in [6, 6.07) is 11.8. The largest absolute Gasteiger partial charge is 0.495 e. The van der Waals surface area contributed by atoms with Gasteiger partial charge in [-0.3, -0.25) is 9.69 Å². The van der Waals surface area contributed by atoms with Crippen LogP contribution in [0.15, 0.2) is 36.7 Å². The summed E-state index contributed by atoms with van der Waals surface area (Å²) >= 11 is 0. The molecule has 3 atom stereocenters. The molecule has 1 aromatic carbocycles. The number of carbonyl (C=O) groups is 1. The van der Waals surface area contributed by atoms with E-state index in [1.807, 2.05) is 29.2 Å². The number of methoxy groups -OCH3 is 1. The molecule has 0 spiro atoms. The first-order chi connectivity index (χ1) is 17.6. The van der Waals surface area contributed by atoms with Crippen molar-refractivity contribution in [3.8, 4) is 17.6 Å². The number of pyridine rings is 1. The number of tetrazole rings is 1. The molecule has 0 N–H and O–H groups in total. The minimum atomic E-state index is -0.162. The maximum absolute atomic E-state index is 13.5. The SMILES string of the molecule is COc1cc(C2CN3CCN(C(=O)C4CCc5nc(-n6cnnn6)ccc54)CC3CO2)ccc1C#N. The van der Waals surface area contributed by atoms with E-state index in [-0.39, 0.29) is 24.0 Å². The van der Waals surface area contributed by atoms with E-state index in [9.17, 15) is 10.1 Å². The van der Waals surface area contributed by atoms with Crippen molar-refractivity contribution >= 4 is 5.91 Å². The molecule has 2 aromatic heterocycles. The van der Waals surface area contributed by atoms with Crippen molar-refractivity contribution in [2.75, 3.05) is 39.9 Å². The van der Waals surface area contributed by atoms with E-state index in [2.05, 4.69) is 26.5 Å². The highest BCUT2D eigenvalue weighted by atomic mass is 16.5. The number of hydrogen-bond donors (Lipinski definition) is 0. The number of piperazine rings is 1. The van der Waals surface area contributed by atoms with Gasteiger partial charge >= 0.3 is 0 Å². The Balaban J connectivity index is 1.11. The smallest absolute Gasteiger partial charge is 0.230 e. The van der Waals surface area contributed by atoms with Crippen LogP contribution in [-0.4, -0.2) is 86.8 Å². The summed E-state index contributed by atoms with van der Waals surface area (Å²) < 4.78 is 13.1. The number of nitriles is 1. The lowest BCUT2D eigenvalue weighted by Gasteiger charge is -2.46. The van der Waals surface area contributed by atoms with Crippen LogP contribution in [-0.2, 0) is 16.0 Å². The molecule has 184 valence electrons. The van der Waals surface area contributed by atoms with Gasteiger partial charge in [-0.2, -0.15) is 9.94 Å². The Labute approximate surface area is 208 Å². The number of nitrogens with zero attached hydrogens (tertiary/aromatic N) is 8. The zero-order chi connectivity index (χ0) is 24.6. The van der Waals surface area contributed by atoms with Gasteiger partial charge in [0.15, 0.2) is 5.82 Å². The third-order valence-corrected chi connectivity index (χ3v) is 7.45. The summed E-state index contributed by atoms with van der Waals surface area (Å²) in [5.41, 5.74) is 3.46. The highest BCUT2D eigenvalue weighted by Gasteiger charge is 2.39. The average molecular weight is 487 g/mol. The number of aromatic nitrogens is 5. The van der Waals surface area contributed by atoms with E-state index in [1.54, 1.807) is 13.2 Å². The summed E-state index contributed by atoms with van der Waals surface area (Å²) in [5.74, 6) is 1.23. The van der Waals surface area contributed by atoms with Crippen LogP contribution in [0.2, 0.25) is 0 Å². The van der Waals surface area contributed by atoms with Crippen LogP contribution in [0, 0.1) is 11.3 Å². The number of aryl methyl sites for hydroxylation is 1. The molecule has 2 fully saturated rings. The van der Waals surface area contributed by atoms with Gasteiger partial charge in [-0.25, -0.2) is 4.98 Å². The molecule has 0 saturated carbocycles. The first-order valence-corrected chi connectivity index (χ1v) is 12.1. The van der Waals surface area contributed by atoms with Gasteiger partial charge in [0.1, 0.15) is 18.1 Å². The van der Waals surface area contributed by atoms with Gasteiger partial charge in [-0.1, -0.05) is 12.1 Å². The summed E-state index contributed by atoms with van der Waals surface area (Å²) in [4.78, 5) is 22.6. The van der Waals surface area contributed by atoms with E-state index in [1.165, 1.54) is 11.0 Å². The normalized spacial score (nSPS) is 23.6. The van der Waals surface area contributed by atoms with E-state index in [0.717, 1.165) is 42.8 Å². The van der Waals surface area contributed by atoms with E-state index < -0.39 is 0 Å². The third-order valence-electron chi connectivity index (χ3n) is 7.45. The fourth-order valence-electron chi connectivity index (χ4n) is 5.51. The van der Waals surface area contributed by atoms with Crippen molar-refractivity contribution in [3.63, 3.8) is 0 Å². The number of fused-ring (bicyclic) bond motifs is 2. The molecule has 3 unspecified atom stereocenters. The first-order valence-electron chi connectivity index (χ1n) is 12.1. The Kier molecular flexibility index (Phi) is 5.83. The van der Waals surface area contributed by atoms with Crippen LogP contribution in [0.4, 0.5) is 0 Å². The minimum Gasteiger partial charge on any atom is -0.495 e. The van der Waals surface area contributed by atoms with Crippen LogP contribution in [0.3, 0.4) is 0 Å². The fraction of sp³-hybridized carbons (Fsp3) is 0.440. The molecule has 3 aromatic rings. The zero-order valence-corrected chi connectivity index (χ0v) is 19.9. The van der Waals surface area contributed by atoms with Crippen molar-refractivity contribution in [2.24, 2.45) is 0 Å².